The van der Waals surface area contributed by atoms with E-state index in [0.717, 1.165) is 10.6 Å². The lowest BCUT2D eigenvalue weighted by atomic mass is 10.2. The van der Waals surface area contributed by atoms with Gasteiger partial charge in [0.2, 0.25) is 0 Å². The third kappa shape index (κ3) is 1.45. The van der Waals surface area contributed by atoms with Gasteiger partial charge in [0.1, 0.15) is 0 Å². The van der Waals surface area contributed by atoms with Crippen LogP contribution in [0, 0.1) is 17.4 Å². The fourth-order valence-electron chi connectivity index (χ4n) is 0.797. The van der Waals surface area contributed by atoms with Crippen LogP contribution in [0.5, 0.6) is 0 Å². The number of rotatable bonds is 0. The largest absolute Gasteiger partial charge is 0.0837 e. The topological polar surface area (TPSA) is 0 Å². The minimum absolute atomic E-state index is 0.895. The molecule has 0 spiro atoms. The quantitative estimate of drug-likeness (QED) is 0.630. The van der Waals surface area contributed by atoms with Gasteiger partial charge >= 0.3 is 0 Å². The maximum absolute atomic E-state index is 5.98. The SMILES string of the molecule is Cc1ccc(I)c(C)c1Cl. The molecule has 0 aliphatic rings. The highest BCUT2D eigenvalue weighted by atomic mass is 127. The highest BCUT2D eigenvalue weighted by Crippen LogP contribution is 2.23. The van der Waals surface area contributed by atoms with Crippen molar-refractivity contribution >= 4 is 34.2 Å². The van der Waals surface area contributed by atoms with Gasteiger partial charge in [-0.15, -0.1) is 0 Å². The van der Waals surface area contributed by atoms with Crippen LogP contribution >= 0.6 is 34.2 Å². The van der Waals surface area contributed by atoms with Crippen molar-refractivity contribution in [3.05, 3.63) is 31.9 Å². The summed E-state index contributed by atoms with van der Waals surface area (Å²) in [6, 6.07) is 4.12. The highest BCUT2D eigenvalue weighted by Gasteiger charge is 2.00. The van der Waals surface area contributed by atoms with E-state index >= 15 is 0 Å². The molecule has 1 rings (SSSR count). The lowest BCUT2D eigenvalue weighted by molar-refractivity contribution is 1.36. The van der Waals surface area contributed by atoms with Gasteiger partial charge in [-0.3, -0.25) is 0 Å². The van der Waals surface area contributed by atoms with E-state index in [4.69, 9.17) is 11.6 Å². The van der Waals surface area contributed by atoms with Crippen LogP contribution in [0.3, 0.4) is 0 Å². The standard InChI is InChI=1S/C8H8ClI/c1-5-3-4-7(10)6(2)8(5)9/h3-4H,1-2H3. The summed E-state index contributed by atoms with van der Waals surface area (Å²) >= 11 is 8.26. The van der Waals surface area contributed by atoms with Gasteiger partial charge < -0.3 is 0 Å². The van der Waals surface area contributed by atoms with Crippen molar-refractivity contribution in [2.75, 3.05) is 0 Å². The summed E-state index contributed by atoms with van der Waals surface area (Å²) in [5.41, 5.74) is 2.34. The number of halogens is 2. The Hall–Kier alpha value is 0.240. The van der Waals surface area contributed by atoms with Crippen LogP contribution in [-0.2, 0) is 0 Å². The average molecular weight is 267 g/mol. The number of hydrogen-bond donors (Lipinski definition) is 0. The molecule has 0 aromatic heterocycles. The third-order valence-electron chi connectivity index (χ3n) is 1.51. The minimum Gasteiger partial charge on any atom is -0.0837 e. The van der Waals surface area contributed by atoms with Crippen molar-refractivity contribution in [2.24, 2.45) is 0 Å². The summed E-state index contributed by atoms with van der Waals surface area (Å²) in [4.78, 5) is 0. The smallest absolute Gasteiger partial charge is 0.0474 e. The van der Waals surface area contributed by atoms with E-state index in [1.54, 1.807) is 0 Å². The highest BCUT2D eigenvalue weighted by molar-refractivity contribution is 14.1. The third-order valence-corrected chi connectivity index (χ3v) is 3.26. The zero-order valence-electron chi connectivity index (χ0n) is 5.91. The van der Waals surface area contributed by atoms with Crippen LogP contribution in [0.2, 0.25) is 5.02 Å². The maximum atomic E-state index is 5.98. The summed E-state index contributed by atoms with van der Waals surface area (Å²) in [5, 5.41) is 0.895. The molecular weight excluding hydrogens is 258 g/mol. The van der Waals surface area contributed by atoms with Crippen LogP contribution in [0.1, 0.15) is 11.1 Å². The molecule has 0 heterocycles. The molecule has 0 nitrogen and oxygen atoms in total. The van der Waals surface area contributed by atoms with Gasteiger partial charge in [-0.2, -0.15) is 0 Å². The predicted octanol–water partition coefficient (Wildman–Crippen LogP) is 3.56. The van der Waals surface area contributed by atoms with Gasteiger partial charge in [-0.1, -0.05) is 17.7 Å². The van der Waals surface area contributed by atoms with E-state index in [9.17, 15) is 0 Å². The second-order valence-electron chi connectivity index (χ2n) is 2.30. The molecule has 0 fully saturated rings. The first kappa shape index (κ1) is 8.34. The Morgan fingerprint density at radius 3 is 2.40 bits per heavy atom. The molecule has 2 heteroatoms. The molecule has 0 atom stereocenters. The zero-order valence-corrected chi connectivity index (χ0v) is 8.82. The van der Waals surface area contributed by atoms with Crippen LogP contribution in [0.4, 0.5) is 0 Å². The molecule has 54 valence electrons. The molecule has 0 unspecified atom stereocenters. The Kier molecular flexibility index (Phi) is 2.58. The summed E-state index contributed by atoms with van der Waals surface area (Å²) in [6.45, 7) is 4.06. The summed E-state index contributed by atoms with van der Waals surface area (Å²) < 4.78 is 1.23. The molecule has 10 heavy (non-hydrogen) atoms. The molecule has 0 amide bonds. The van der Waals surface area contributed by atoms with Crippen LogP contribution in [-0.4, -0.2) is 0 Å². The fourth-order valence-corrected chi connectivity index (χ4v) is 1.57. The number of hydrogen-bond acceptors (Lipinski definition) is 0. The Morgan fingerprint density at radius 1 is 1.30 bits per heavy atom. The predicted molar refractivity (Wildman–Crippen MR) is 53.6 cm³/mol. The molecule has 0 N–H and O–H groups in total. The molecule has 0 aliphatic heterocycles. The normalized spacial score (nSPS) is 10.0. The van der Waals surface area contributed by atoms with E-state index in [-0.39, 0.29) is 0 Å². The van der Waals surface area contributed by atoms with Crippen LogP contribution in [0.15, 0.2) is 12.1 Å². The van der Waals surface area contributed by atoms with Gasteiger partial charge in [-0.05, 0) is 53.6 Å². The van der Waals surface area contributed by atoms with Gasteiger partial charge in [0.25, 0.3) is 0 Å². The molecule has 0 saturated heterocycles. The number of aryl methyl sites for hydroxylation is 1. The zero-order chi connectivity index (χ0) is 7.72. The Labute approximate surface area is 79.7 Å². The van der Waals surface area contributed by atoms with E-state index in [0.29, 0.717) is 0 Å². The Morgan fingerprint density at radius 2 is 1.90 bits per heavy atom. The van der Waals surface area contributed by atoms with Crippen molar-refractivity contribution in [3.8, 4) is 0 Å². The first-order valence-corrected chi connectivity index (χ1v) is 4.50. The summed E-state index contributed by atoms with van der Waals surface area (Å²) in [6.07, 6.45) is 0. The first-order valence-electron chi connectivity index (χ1n) is 3.04. The van der Waals surface area contributed by atoms with E-state index in [1.165, 1.54) is 9.13 Å². The second-order valence-corrected chi connectivity index (χ2v) is 3.84. The van der Waals surface area contributed by atoms with Crippen LogP contribution < -0.4 is 0 Å². The van der Waals surface area contributed by atoms with Crippen molar-refractivity contribution in [1.29, 1.82) is 0 Å². The Balaban J connectivity index is 3.34. The lowest BCUT2D eigenvalue weighted by Gasteiger charge is -2.02. The van der Waals surface area contributed by atoms with Gasteiger partial charge in [0.15, 0.2) is 0 Å². The molecule has 0 saturated carbocycles. The van der Waals surface area contributed by atoms with E-state index in [1.807, 2.05) is 19.9 Å². The monoisotopic (exact) mass is 266 g/mol. The average Bonchev–Trinajstić information content (AvgIpc) is 1.93. The number of benzene rings is 1. The lowest BCUT2D eigenvalue weighted by Crippen LogP contribution is -1.84. The van der Waals surface area contributed by atoms with Crippen molar-refractivity contribution in [2.45, 2.75) is 13.8 Å². The van der Waals surface area contributed by atoms with Crippen molar-refractivity contribution < 1.29 is 0 Å². The summed E-state index contributed by atoms with van der Waals surface area (Å²) in [5.74, 6) is 0. The van der Waals surface area contributed by atoms with E-state index < -0.39 is 0 Å². The second kappa shape index (κ2) is 3.09. The molecule has 1 aromatic rings. The molecular formula is C8H8ClI. The molecule has 0 radical (unpaired) electrons. The summed E-state index contributed by atoms with van der Waals surface area (Å²) in [7, 11) is 0. The van der Waals surface area contributed by atoms with Crippen LogP contribution in [0.25, 0.3) is 0 Å². The van der Waals surface area contributed by atoms with Crippen molar-refractivity contribution in [1.82, 2.24) is 0 Å². The maximum Gasteiger partial charge on any atom is 0.0474 e. The van der Waals surface area contributed by atoms with E-state index in [2.05, 4.69) is 28.7 Å². The minimum atomic E-state index is 0.895. The first-order chi connectivity index (χ1) is 4.63. The fraction of sp³-hybridized carbons (Fsp3) is 0.250. The molecule has 1 aromatic carbocycles. The van der Waals surface area contributed by atoms with Gasteiger partial charge in [-0.25, -0.2) is 0 Å². The molecule has 0 aliphatic carbocycles. The molecule has 0 bridgehead atoms. The van der Waals surface area contributed by atoms with Gasteiger partial charge in [0, 0.05) is 8.59 Å². The van der Waals surface area contributed by atoms with Gasteiger partial charge in [0.05, 0.1) is 0 Å². The Bertz CT molecular complexity index is 229. The van der Waals surface area contributed by atoms with Crippen molar-refractivity contribution in [3.63, 3.8) is 0 Å².